The fourth-order valence-electron chi connectivity index (χ4n) is 3.88. The Labute approximate surface area is 222 Å². The van der Waals surface area contributed by atoms with Gasteiger partial charge in [-0.15, -0.1) is 11.3 Å². The minimum absolute atomic E-state index is 0.102. The van der Waals surface area contributed by atoms with E-state index in [4.69, 9.17) is 0 Å². The monoisotopic (exact) mass is 589 g/mol. The van der Waals surface area contributed by atoms with E-state index >= 15 is 0 Å². The van der Waals surface area contributed by atoms with Crippen molar-refractivity contribution in [2.75, 3.05) is 18.4 Å². The standard InChI is InChI=1S/C23H27F8N5O2S/c1-11-6-21(24,25)10-36(11)8-15-17(39-19(35-15)18(37)33-9-20(3,4)38)13-7-32-16(5-14(13)23(29,30)31)34-12(2)22(26,27)28/h5,7,11-12,38H,6,8-10H2,1-4H3,(H,32,34)(H,33,37)/t11-,12-/m0/s1. The van der Waals surface area contributed by atoms with Crippen LogP contribution in [0.5, 0.6) is 0 Å². The van der Waals surface area contributed by atoms with Gasteiger partial charge in [0.05, 0.1) is 28.3 Å². The zero-order chi connectivity index (χ0) is 29.6. The zero-order valence-corrected chi connectivity index (χ0v) is 22.1. The highest BCUT2D eigenvalue weighted by Crippen LogP contribution is 2.43. The van der Waals surface area contributed by atoms with E-state index in [1.165, 1.54) is 25.7 Å². The zero-order valence-electron chi connectivity index (χ0n) is 21.3. The summed E-state index contributed by atoms with van der Waals surface area (Å²) in [5.74, 6) is -4.52. The Morgan fingerprint density at radius 3 is 2.41 bits per heavy atom. The molecule has 1 aliphatic heterocycles. The van der Waals surface area contributed by atoms with Gasteiger partial charge >= 0.3 is 12.4 Å². The number of pyridine rings is 1. The maximum atomic E-state index is 14.1. The summed E-state index contributed by atoms with van der Waals surface area (Å²) in [6.45, 7) is 3.87. The molecule has 3 heterocycles. The predicted molar refractivity (Wildman–Crippen MR) is 128 cm³/mol. The van der Waals surface area contributed by atoms with Crippen molar-refractivity contribution in [1.29, 1.82) is 0 Å². The third-order valence-corrected chi connectivity index (χ3v) is 7.02. The Bertz CT molecular complexity index is 1190. The number of halogens is 8. The molecule has 39 heavy (non-hydrogen) atoms. The Balaban J connectivity index is 2.08. The highest BCUT2D eigenvalue weighted by Gasteiger charge is 2.44. The summed E-state index contributed by atoms with van der Waals surface area (Å²) in [4.78, 5) is 21.7. The molecule has 0 unspecified atom stereocenters. The van der Waals surface area contributed by atoms with Crippen molar-refractivity contribution >= 4 is 23.1 Å². The average Bonchev–Trinajstić information content (AvgIpc) is 3.29. The van der Waals surface area contributed by atoms with E-state index in [9.17, 15) is 45.0 Å². The molecule has 0 radical (unpaired) electrons. The molecule has 218 valence electrons. The van der Waals surface area contributed by atoms with E-state index in [2.05, 4.69) is 15.3 Å². The maximum Gasteiger partial charge on any atom is 0.417 e. The smallest absolute Gasteiger partial charge is 0.389 e. The quantitative estimate of drug-likeness (QED) is 0.362. The predicted octanol–water partition coefficient (Wildman–Crippen LogP) is 5.32. The van der Waals surface area contributed by atoms with Crippen LogP contribution in [0.2, 0.25) is 0 Å². The first-order valence-electron chi connectivity index (χ1n) is 11.7. The van der Waals surface area contributed by atoms with Gasteiger partial charge in [-0.05, 0) is 33.8 Å². The molecule has 0 aliphatic carbocycles. The summed E-state index contributed by atoms with van der Waals surface area (Å²) in [5, 5.41) is 13.9. The number of aliphatic hydroxyl groups is 1. The largest absolute Gasteiger partial charge is 0.417 e. The topological polar surface area (TPSA) is 90.4 Å². The van der Waals surface area contributed by atoms with Crippen LogP contribution >= 0.6 is 11.3 Å². The minimum atomic E-state index is -5.05. The van der Waals surface area contributed by atoms with Gasteiger partial charge in [-0.1, -0.05) is 0 Å². The van der Waals surface area contributed by atoms with Gasteiger partial charge in [0, 0.05) is 37.3 Å². The Hall–Kier alpha value is -2.59. The van der Waals surface area contributed by atoms with Crippen LogP contribution < -0.4 is 10.6 Å². The fraction of sp³-hybridized carbons (Fsp3) is 0.609. The van der Waals surface area contributed by atoms with Crippen LogP contribution in [-0.4, -0.2) is 68.8 Å². The van der Waals surface area contributed by atoms with Gasteiger partial charge in [-0.25, -0.2) is 18.7 Å². The molecule has 16 heteroatoms. The van der Waals surface area contributed by atoms with Crippen LogP contribution in [0.3, 0.4) is 0 Å². The average molecular weight is 590 g/mol. The van der Waals surface area contributed by atoms with E-state index < -0.39 is 71.8 Å². The number of nitrogens with zero attached hydrogens (tertiary/aromatic N) is 3. The summed E-state index contributed by atoms with van der Waals surface area (Å²) in [6.07, 6.45) is -9.55. The van der Waals surface area contributed by atoms with Gasteiger partial charge in [0.2, 0.25) is 0 Å². The summed E-state index contributed by atoms with van der Waals surface area (Å²) in [7, 11) is 0. The number of hydrogen-bond acceptors (Lipinski definition) is 7. The number of alkyl halides is 8. The lowest BCUT2D eigenvalue weighted by atomic mass is 10.1. The molecule has 1 aliphatic rings. The molecule has 1 amide bonds. The number of likely N-dealkylation sites (tertiary alicyclic amines) is 1. The van der Waals surface area contributed by atoms with Crippen molar-refractivity contribution in [3.8, 4) is 10.4 Å². The molecule has 2 aromatic rings. The van der Waals surface area contributed by atoms with Crippen LogP contribution in [0.25, 0.3) is 10.4 Å². The Morgan fingerprint density at radius 2 is 1.90 bits per heavy atom. The lowest BCUT2D eigenvalue weighted by molar-refractivity contribution is -0.138. The molecule has 3 N–H and O–H groups in total. The number of rotatable bonds is 8. The van der Waals surface area contributed by atoms with Crippen LogP contribution in [0, 0.1) is 0 Å². The van der Waals surface area contributed by atoms with Crippen molar-refractivity contribution in [2.24, 2.45) is 0 Å². The van der Waals surface area contributed by atoms with Crippen LogP contribution in [-0.2, 0) is 12.7 Å². The van der Waals surface area contributed by atoms with Gasteiger partial charge < -0.3 is 15.7 Å². The summed E-state index contributed by atoms with van der Waals surface area (Å²) in [6, 6.07) is -2.42. The number of aromatic nitrogens is 2. The molecule has 3 rings (SSSR count). The third kappa shape index (κ3) is 7.97. The normalized spacial score (nSPS) is 19.3. The number of thiazole rings is 1. The first-order chi connectivity index (χ1) is 17.7. The SMILES string of the molecule is C[C@H](Nc1cc(C(F)(F)F)c(-c2sc(C(=O)NCC(C)(C)O)nc2CN2CC(F)(F)C[C@@H]2C)cn1)C(F)(F)F. The second kappa shape index (κ2) is 10.8. The van der Waals surface area contributed by atoms with E-state index in [1.807, 2.05) is 5.32 Å². The second-order valence-corrected chi connectivity index (χ2v) is 11.1. The number of carbonyl (C=O) groups excluding carboxylic acids is 1. The van der Waals surface area contributed by atoms with Gasteiger partial charge in [-0.2, -0.15) is 26.3 Å². The summed E-state index contributed by atoms with van der Waals surface area (Å²) < 4.78 is 109. The van der Waals surface area contributed by atoms with E-state index in [1.54, 1.807) is 0 Å². The molecule has 0 spiro atoms. The second-order valence-electron chi connectivity index (χ2n) is 10.1. The molecule has 1 saturated heterocycles. The number of hydrogen-bond donors (Lipinski definition) is 3. The molecule has 0 saturated carbocycles. The van der Waals surface area contributed by atoms with Crippen LogP contribution in [0.15, 0.2) is 12.3 Å². The van der Waals surface area contributed by atoms with Gasteiger partial charge in [0.15, 0.2) is 5.01 Å². The van der Waals surface area contributed by atoms with Crippen LogP contribution in [0.1, 0.15) is 55.2 Å². The first-order valence-corrected chi connectivity index (χ1v) is 12.5. The van der Waals surface area contributed by atoms with Gasteiger partial charge in [0.25, 0.3) is 11.8 Å². The Kier molecular flexibility index (Phi) is 8.54. The molecule has 2 aromatic heterocycles. The fourth-order valence-corrected chi connectivity index (χ4v) is 4.89. The number of carbonyl (C=O) groups is 1. The van der Waals surface area contributed by atoms with Gasteiger partial charge in [0.1, 0.15) is 11.9 Å². The minimum Gasteiger partial charge on any atom is -0.389 e. The summed E-state index contributed by atoms with van der Waals surface area (Å²) >= 11 is 0.551. The van der Waals surface area contributed by atoms with E-state index in [-0.39, 0.29) is 28.7 Å². The number of nitrogens with one attached hydrogen (secondary N) is 2. The first kappa shape index (κ1) is 30.9. The van der Waals surface area contributed by atoms with Crippen molar-refractivity contribution in [1.82, 2.24) is 20.2 Å². The lowest BCUT2D eigenvalue weighted by Crippen LogP contribution is -2.38. The highest BCUT2D eigenvalue weighted by atomic mass is 32.1. The number of amides is 1. The Morgan fingerprint density at radius 1 is 1.26 bits per heavy atom. The molecular formula is C23H27F8N5O2S. The molecule has 1 fully saturated rings. The van der Waals surface area contributed by atoms with Crippen LogP contribution in [0.4, 0.5) is 40.9 Å². The van der Waals surface area contributed by atoms with Crippen molar-refractivity contribution in [2.45, 2.75) is 76.6 Å². The van der Waals surface area contributed by atoms with E-state index in [0.29, 0.717) is 23.6 Å². The van der Waals surface area contributed by atoms with E-state index in [0.717, 1.165) is 6.92 Å². The highest BCUT2D eigenvalue weighted by molar-refractivity contribution is 7.17. The molecule has 0 aromatic carbocycles. The van der Waals surface area contributed by atoms with Crippen molar-refractivity contribution in [3.05, 3.63) is 28.5 Å². The molecule has 2 atom stereocenters. The van der Waals surface area contributed by atoms with Crippen molar-refractivity contribution in [3.63, 3.8) is 0 Å². The molecule has 7 nitrogen and oxygen atoms in total. The third-order valence-electron chi connectivity index (χ3n) is 5.89. The summed E-state index contributed by atoms with van der Waals surface area (Å²) in [5.41, 5.74) is -3.32. The lowest BCUT2D eigenvalue weighted by Gasteiger charge is -2.21. The number of anilines is 1. The maximum absolute atomic E-state index is 14.1. The molecular weight excluding hydrogens is 562 g/mol. The van der Waals surface area contributed by atoms with Crippen molar-refractivity contribution < 1.29 is 45.0 Å². The molecule has 0 bridgehead atoms. The van der Waals surface area contributed by atoms with Gasteiger partial charge in [-0.3, -0.25) is 9.69 Å².